The van der Waals surface area contributed by atoms with E-state index in [9.17, 15) is 5.26 Å². The Labute approximate surface area is 242 Å². The van der Waals surface area contributed by atoms with Gasteiger partial charge in [-0.1, -0.05) is 54.6 Å². The van der Waals surface area contributed by atoms with Crippen LogP contribution in [0.1, 0.15) is 5.56 Å². The molecule has 0 saturated carbocycles. The highest BCUT2D eigenvalue weighted by Crippen LogP contribution is 2.51. The predicted octanol–water partition coefficient (Wildman–Crippen LogP) is 9.94. The Bertz CT molecular complexity index is 2450. The van der Waals surface area contributed by atoms with Crippen LogP contribution < -0.4 is 0 Å². The second kappa shape index (κ2) is 8.57. The molecule has 0 atom stereocenters. The molecule has 6 aromatic carbocycles. The van der Waals surface area contributed by atoms with Crippen LogP contribution in [0.2, 0.25) is 0 Å². The van der Waals surface area contributed by atoms with Crippen LogP contribution in [0.25, 0.3) is 87.9 Å². The molecule has 0 saturated heterocycles. The lowest BCUT2D eigenvalue weighted by Crippen LogP contribution is -1.92. The van der Waals surface area contributed by atoms with E-state index in [-0.39, 0.29) is 0 Å². The Morgan fingerprint density at radius 1 is 0.429 bits per heavy atom. The smallest absolute Gasteiger partial charge is 0.0991 e. The fraction of sp³-hybridized carbons (Fsp3) is 0. The highest BCUT2D eigenvalue weighted by atomic mass is 14.7. The summed E-state index contributed by atoms with van der Waals surface area (Å²) >= 11 is 0. The molecule has 0 amide bonds. The molecule has 2 heterocycles. The zero-order valence-electron chi connectivity index (χ0n) is 22.5. The zero-order chi connectivity index (χ0) is 27.8. The van der Waals surface area contributed by atoms with Crippen molar-refractivity contribution in [2.45, 2.75) is 0 Å². The van der Waals surface area contributed by atoms with Gasteiger partial charge in [0.05, 0.1) is 23.0 Å². The van der Waals surface area contributed by atoms with Crippen molar-refractivity contribution in [2.24, 2.45) is 0 Å². The maximum absolute atomic E-state index is 9.76. The molecule has 0 N–H and O–H groups in total. The van der Waals surface area contributed by atoms with Gasteiger partial charge < -0.3 is 0 Å². The third kappa shape index (κ3) is 3.15. The van der Waals surface area contributed by atoms with Crippen molar-refractivity contribution >= 4 is 43.1 Å². The minimum absolute atomic E-state index is 0.633. The first-order valence-corrected chi connectivity index (χ1v) is 14.1. The normalized spacial score (nSPS) is 11.8. The zero-order valence-corrected chi connectivity index (χ0v) is 22.5. The van der Waals surface area contributed by atoms with Crippen molar-refractivity contribution in [2.75, 3.05) is 0 Å². The first kappa shape index (κ1) is 22.9. The molecule has 3 heteroatoms. The van der Waals surface area contributed by atoms with Gasteiger partial charge in [0.25, 0.3) is 0 Å². The maximum Gasteiger partial charge on any atom is 0.0991 e. The van der Waals surface area contributed by atoms with Gasteiger partial charge in [0.15, 0.2) is 0 Å². The Balaban J connectivity index is 1.49. The number of aromatic nitrogens is 2. The molecule has 0 radical (unpaired) electrons. The number of nitrogens with zero attached hydrogens (tertiary/aromatic N) is 3. The van der Waals surface area contributed by atoms with Crippen LogP contribution in [0.3, 0.4) is 0 Å². The van der Waals surface area contributed by atoms with Crippen molar-refractivity contribution in [1.29, 1.82) is 5.26 Å². The van der Waals surface area contributed by atoms with Gasteiger partial charge in [-0.15, -0.1) is 0 Å². The number of fused-ring (bicyclic) bond motifs is 8. The van der Waals surface area contributed by atoms with E-state index < -0.39 is 0 Å². The molecule has 9 rings (SSSR count). The van der Waals surface area contributed by atoms with E-state index in [1.807, 2.05) is 54.9 Å². The lowest BCUT2D eigenvalue weighted by atomic mass is 9.87. The van der Waals surface area contributed by atoms with Gasteiger partial charge in [0.1, 0.15) is 0 Å². The number of pyridine rings is 2. The monoisotopic (exact) mass is 531 g/mol. The van der Waals surface area contributed by atoms with Crippen molar-refractivity contribution < 1.29 is 0 Å². The van der Waals surface area contributed by atoms with Gasteiger partial charge in [-0.05, 0) is 126 Å². The van der Waals surface area contributed by atoms with Gasteiger partial charge in [-0.2, -0.15) is 5.26 Å². The van der Waals surface area contributed by atoms with Crippen LogP contribution in [0.15, 0.2) is 128 Å². The Morgan fingerprint density at radius 2 is 0.976 bits per heavy atom. The predicted molar refractivity (Wildman–Crippen MR) is 172 cm³/mol. The number of rotatable bonds is 2. The molecule has 192 valence electrons. The summed E-state index contributed by atoms with van der Waals surface area (Å²) in [6.07, 6.45) is 3.68. The molecule has 0 fully saturated rings. The van der Waals surface area contributed by atoms with Crippen LogP contribution in [0, 0.1) is 11.3 Å². The third-order valence-electron chi connectivity index (χ3n) is 8.70. The maximum atomic E-state index is 9.76. The molecule has 0 bridgehead atoms. The van der Waals surface area contributed by atoms with Gasteiger partial charge in [-0.25, -0.2) is 0 Å². The standard InChI is InChI=1S/C39H21N3/c40-22-23-13-14-25-28(17-23)35(37-11-1-3-15-41-37)21-33-29(25)20-36(38-12-2-4-16-42-38)34-19-31-27-10-6-8-24-7-5-9-26(39(24)27)30(31)18-32(33)34/h1-21H. The molecule has 8 aromatic rings. The molecule has 0 spiro atoms. The lowest BCUT2D eigenvalue weighted by molar-refractivity contribution is 1.33. The van der Waals surface area contributed by atoms with E-state index in [2.05, 4.69) is 78.9 Å². The van der Waals surface area contributed by atoms with E-state index in [0.29, 0.717) is 5.56 Å². The second-order valence-electron chi connectivity index (χ2n) is 10.9. The number of benzene rings is 6. The Morgan fingerprint density at radius 3 is 1.57 bits per heavy atom. The lowest BCUT2D eigenvalue weighted by Gasteiger charge is -2.17. The summed E-state index contributed by atoms with van der Waals surface area (Å²) in [4.78, 5) is 9.52. The summed E-state index contributed by atoms with van der Waals surface area (Å²) in [5.41, 5.74) is 9.66. The highest BCUT2D eigenvalue weighted by molar-refractivity contribution is 6.26. The van der Waals surface area contributed by atoms with Crippen LogP contribution in [-0.4, -0.2) is 9.97 Å². The van der Waals surface area contributed by atoms with E-state index in [1.165, 1.54) is 43.8 Å². The third-order valence-corrected chi connectivity index (χ3v) is 8.70. The summed E-state index contributed by atoms with van der Waals surface area (Å²) in [5, 5.41) is 19.1. The van der Waals surface area contributed by atoms with Crippen molar-refractivity contribution in [3.05, 3.63) is 133 Å². The van der Waals surface area contributed by atoms with Gasteiger partial charge in [0.2, 0.25) is 0 Å². The summed E-state index contributed by atoms with van der Waals surface area (Å²) in [5.74, 6) is 0. The molecule has 0 unspecified atom stereocenters. The number of hydrogen-bond acceptors (Lipinski definition) is 3. The fourth-order valence-electron chi connectivity index (χ4n) is 6.87. The summed E-state index contributed by atoms with van der Waals surface area (Å²) in [6, 6.07) is 42.9. The average Bonchev–Trinajstić information content (AvgIpc) is 3.37. The molecule has 2 aromatic heterocycles. The second-order valence-corrected chi connectivity index (χ2v) is 10.9. The minimum atomic E-state index is 0.633. The van der Waals surface area contributed by atoms with Crippen LogP contribution in [-0.2, 0) is 0 Å². The molecule has 3 nitrogen and oxygen atoms in total. The summed E-state index contributed by atoms with van der Waals surface area (Å²) in [7, 11) is 0. The van der Waals surface area contributed by atoms with Crippen LogP contribution in [0.5, 0.6) is 0 Å². The van der Waals surface area contributed by atoms with E-state index >= 15 is 0 Å². The number of hydrogen-bond donors (Lipinski definition) is 0. The quantitative estimate of drug-likeness (QED) is 0.209. The Hall–Kier alpha value is -5.85. The first-order chi connectivity index (χ1) is 20.8. The summed E-state index contributed by atoms with van der Waals surface area (Å²) < 4.78 is 0. The van der Waals surface area contributed by atoms with Gasteiger partial charge >= 0.3 is 0 Å². The van der Waals surface area contributed by atoms with E-state index in [1.54, 1.807) is 0 Å². The Kier molecular flexibility index (Phi) is 4.68. The van der Waals surface area contributed by atoms with Crippen molar-refractivity contribution in [3.63, 3.8) is 0 Å². The van der Waals surface area contributed by atoms with E-state index in [4.69, 9.17) is 9.97 Å². The molecule has 0 aliphatic heterocycles. The van der Waals surface area contributed by atoms with Gasteiger partial charge in [-0.3, -0.25) is 9.97 Å². The van der Waals surface area contributed by atoms with Crippen LogP contribution in [0.4, 0.5) is 0 Å². The van der Waals surface area contributed by atoms with Crippen molar-refractivity contribution in [1.82, 2.24) is 9.97 Å². The SMILES string of the molecule is N#Cc1ccc2c(c1)c(-c1ccccn1)cc1c3cc4c(cc3c(-c3ccccn3)cc21)-c1cccc2cccc-4c12. The van der Waals surface area contributed by atoms with Crippen LogP contribution >= 0.6 is 0 Å². The molecule has 1 aliphatic rings. The van der Waals surface area contributed by atoms with Gasteiger partial charge in [0, 0.05) is 23.5 Å². The largest absolute Gasteiger partial charge is 0.256 e. The highest BCUT2D eigenvalue weighted by Gasteiger charge is 2.24. The molecular formula is C39H21N3. The fourth-order valence-corrected chi connectivity index (χ4v) is 6.87. The molecule has 42 heavy (non-hydrogen) atoms. The molecule has 1 aliphatic carbocycles. The van der Waals surface area contributed by atoms with E-state index in [0.717, 1.165) is 44.1 Å². The molecular weight excluding hydrogens is 510 g/mol. The van der Waals surface area contributed by atoms with Crippen molar-refractivity contribution in [3.8, 4) is 50.8 Å². The number of nitriles is 1. The minimum Gasteiger partial charge on any atom is -0.256 e. The topological polar surface area (TPSA) is 49.6 Å². The summed E-state index contributed by atoms with van der Waals surface area (Å²) in [6.45, 7) is 0. The first-order valence-electron chi connectivity index (χ1n) is 14.1. The average molecular weight is 532 g/mol.